The van der Waals surface area contributed by atoms with Gasteiger partial charge < -0.3 is 0 Å². The van der Waals surface area contributed by atoms with E-state index in [0.717, 1.165) is 38.5 Å². The molecule has 0 nitrogen and oxygen atoms in total. The maximum Gasteiger partial charge on any atom is 0.0725 e. The van der Waals surface area contributed by atoms with Crippen LogP contribution in [0.3, 0.4) is 0 Å². The Balaban J connectivity index is 1.06. The summed E-state index contributed by atoms with van der Waals surface area (Å²) in [7, 11) is 0. The first-order chi connectivity index (χ1) is 29.5. The minimum Gasteiger partial charge on any atom is -0.0842 e. The molecule has 5 aromatic rings. The largest absolute Gasteiger partial charge is 0.0842 e. The maximum atomic E-state index is 2.73. The van der Waals surface area contributed by atoms with E-state index in [9.17, 15) is 0 Å². The van der Waals surface area contributed by atoms with Gasteiger partial charge in [0.2, 0.25) is 0 Å². The molecule has 0 aliphatic heterocycles. The van der Waals surface area contributed by atoms with Gasteiger partial charge in [-0.25, -0.2) is 0 Å². The molecular formula is C60H52. The van der Waals surface area contributed by atoms with Gasteiger partial charge in [0.25, 0.3) is 0 Å². The van der Waals surface area contributed by atoms with Gasteiger partial charge in [-0.1, -0.05) is 196 Å². The smallest absolute Gasteiger partial charge is 0.0725 e. The molecule has 5 aromatic carbocycles. The molecule has 0 heterocycles. The van der Waals surface area contributed by atoms with Crippen LogP contribution in [0, 0.1) is 17.8 Å². The lowest BCUT2D eigenvalue weighted by Gasteiger charge is -2.34. The molecule has 0 heteroatoms. The van der Waals surface area contributed by atoms with Crippen LogP contribution < -0.4 is 0 Å². The van der Waals surface area contributed by atoms with E-state index in [1.165, 1.54) is 77.9 Å². The summed E-state index contributed by atoms with van der Waals surface area (Å²) in [5, 5.41) is 0. The van der Waals surface area contributed by atoms with E-state index in [-0.39, 0.29) is 16.7 Å². The highest BCUT2D eigenvalue weighted by Crippen LogP contribution is 2.63. The molecule has 1 spiro atoms. The van der Waals surface area contributed by atoms with Crippen molar-refractivity contribution in [2.75, 3.05) is 0 Å². The second kappa shape index (κ2) is 13.8. The summed E-state index contributed by atoms with van der Waals surface area (Å²) in [6.07, 6.45) is 33.4. The normalized spacial score (nSPS) is 23.6. The Hall–Kier alpha value is -5.98. The molecular weight excluding hydrogens is 721 g/mol. The van der Waals surface area contributed by atoms with E-state index in [0.29, 0.717) is 17.8 Å². The number of rotatable bonds is 6. The molecule has 60 heavy (non-hydrogen) atoms. The first kappa shape index (κ1) is 35.9. The lowest BCUT2D eigenvalue weighted by molar-refractivity contribution is 0.459. The first-order valence-electron chi connectivity index (χ1n) is 22.6. The molecule has 7 aliphatic rings. The lowest BCUT2D eigenvalue weighted by Crippen LogP contribution is -2.25. The van der Waals surface area contributed by atoms with Crippen molar-refractivity contribution in [2.24, 2.45) is 17.8 Å². The molecule has 0 N–H and O–H groups in total. The Morgan fingerprint density at radius 2 is 1.27 bits per heavy atom. The van der Waals surface area contributed by atoms with E-state index in [1.54, 1.807) is 11.1 Å². The van der Waals surface area contributed by atoms with Crippen LogP contribution in [0.1, 0.15) is 97.2 Å². The summed E-state index contributed by atoms with van der Waals surface area (Å²) in [4.78, 5) is 0. The topological polar surface area (TPSA) is 0 Å². The molecule has 0 saturated carbocycles. The molecule has 7 aliphatic carbocycles. The molecule has 4 unspecified atom stereocenters. The third-order valence-corrected chi connectivity index (χ3v) is 15.5. The Morgan fingerprint density at radius 3 is 1.95 bits per heavy atom. The highest BCUT2D eigenvalue weighted by atomic mass is 14.5. The van der Waals surface area contributed by atoms with Gasteiger partial charge in [0.1, 0.15) is 0 Å². The van der Waals surface area contributed by atoms with E-state index < -0.39 is 0 Å². The predicted octanol–water partition coefficient (Wildman–Crippen LogP) is 15.1. The van der Waals surface area contributed by atoms with E-state index in [2.05, 4.69) is 196 Å². The van der Waals surface area contributed by atoms with Crippen LogP contribution in [0.4, 0.5) is 0 Å². The van der Waals surface area contributed by atoms with Crippen molar-refractivity contribution in [3.63, 3.8) is 0 Å². The third-order valence-electron chi connectivity index (χ3n) is 15.5. The van der Waals surface area contributed by atoms with Gasteiger partial charge >= 0.3 is 0 Å². The van der Waals surface area contributed by atoms with Gasteiger partial charge in [-0.05, 0) is 145 Å². The highest BCUT2D eigenvalue weighted by Gasteiger charge is 2.51. The van der Waals surface area contributed by atoms with E-state index >= 15 is 0 Å². The van der Waals surface area contributed by atoms with Gasteiger partial charge in [0.15, 0.2) is 0 Å². The highest BCUT2D eigenvalue weighted by molar-refractivity contribution is 5.95. The summed E-state index contributed by atoms with van der Waals surface area (Å²) < 4.78 is 0. The average Bonchev–Trinajstić information content (AvgIpc) is 3.87. The van der Waals surface area contributed by atoms with Gasteiger partial charge in [-0.15, -0.1) is 0 Å². The van der Waals surface area contributed by atoms with Crippen LogP contribution in [0.25, 0.3) is 27.8 Å². The summed E-state index contributed by atoms with van der Waals surface area (Å²) >= 11 is 0. The first-order valence-corrected chi connectivity index (χ1v) is 22.6. The molecule has 0 bridgehead atoms. The second-order valence-corrected chi connectivity index (χ2v) is 18.9. The van der Waals surface area contributed by atoms with Gasteiger partial charge in [-0.3, -0.25) is 0 Å². The number of benzene rings is 5. The summed E-state index contributed by atoms with van der Waals surface area (Å²) in [6.45, 7) is 4.88. The van der Waals surface area contributed by atoms with Crippen LogP contribution in [0.5, 0.6) is 0 Å². The van der Waals surface area contributed by atoms with Gasteiger partial charge in [0.05, 0.1) is 5.41 Å². The summed E-state index contributed by atoms with van der Waals surface area (Å²) in [5.41, 5.74) is 22.9. The Morgan fingerprint density at radius 1 is 0.600 bits per heavy atom. The van der Waals surface area contributed by atoms with Crippen molar-refractivity contribution in [2.45, 2.75) is 69.1 Å². The van der Waals surface area contributed by atoms with Crippen molar-refractivity contribution in [1.82, 2.24) is 0 Å². The third kappa shape index (κ3) is 5.22. The molecule has 12 rings (SSSR count). The molecule has 0 aromatic heterocycles. The maximum absolute atomic E-state index is 2.73. The minimum atomic E-state index is -0.329. The zero-order valence-corrected chi connectivity index (χ0v) is 34.9. The van der Waals surface area contributed by atoms with Crippen LogP contribution in [-0.4, -0.2) is 0 Å². The fraction of sp³-hybridized carbons (Fsp3) is 0.233. The molecule has 0 amide bonds. The van der Waals surface area contributed by atoms with Crippen LogP contribution >= 0.6 is 0 Å². The standard InChI is InChI=1S/C60H52/c1-59(2)52-27-13-12-26-49(52)58-42(22-17-31-57(58)59)38-50(45-35-43(39-18-5-3-6-19-39)34-44(36-45)40-20-7-4-8-21-40)41-32-33-56-51(37-41)48-25-11-16-30-55(48)60(56)53-28-14-9-23-46(53)47-24-10-15-29-54(47)60/h3-7,9-18,20,23-33,35-37,39,42-43,50H,8,19,21-22,34,38H2,1-2H3. The molecule has 0 fully saturated rings. The Labute approximate surface area is 356 Å². The van der Waals surface area contributed by atoms with Crippen LogP contribution in [-0.2, 0) is 10.8 Å². The minimum absolute atomic E-state index is 0.000139. The van der Waals surface area contributed by atoms with Crippen molar-refractivity contribution in [3.05, 3.63) is 243 Å². The van der Waals surface area contributed by atoms with Gasteiger partial charge in [-0.2, -0.15) is 0 Å². The zero-order valence-electron chi connectivity index (χ0n) is 34.9. The Bertz CT molecular complexity index is 2820. The number of allylic oxidation sites excluding steroid dienone is 16. The van der Waals surface area contributed by atoms with Gasteiger partial charge in [0, 0.05) is 11.3 Å². The monoisotopic (exact) mass is 772 g/mol. The number of fused-ring (bicyclic) bond motifs is 12. The molecule has 4 atom stereocenters. The lowest BCUT2D eigenvalue weighted by atomic mass is 9.69. The number of hydrogen-bond donors (Lipinski definition) is 0. The van der Waals surface area contributed by atoms with Crippen LogP contribution in [0.2, 0.25) is 0 Å². The van der Waals surface area contributed by atoms with Crippen LogP contribution in [0.15, 0.2) is 204 Å². The Kier molecular flexibility index (Phi) is 8.25. The fourth-order valence-electron chi connectivity index (χ4n) is 12.8. The van der Waals surface area contributed by atoms with Crippen molar-refractivity contribution in [1.29, 1.82) is 0 Å². The van der Waals surface area contributed by atoms with Crippen molar-refractivity contribution >= 4 is 5.57 Å². The quantitative estimate of drug-likeness (QED) is 0.158. The molecule has 0 saturated heterocycles. The molecule has 292 valence electrons. The van der Waals surface area contributed by atoms with Crippen molar-refractivity contribution < 1.29 is 0 Å². The number of hydrogen-bond acceptors (Lipinski definition) is 0. The zero-order chi connectivity index (χ0) is 40.0. The summed E-state index contributed by atoms with van der Waals surface area (Å²) in [6, 6.07) is 44.7. The fourth-order valence-corrected chi connectivity index (χ4v) is 12.8. The second-order valence-electron chi connectivity index (χ2n) is 18.9. The van der Waals surface area contributed by atoms with E-state index in [4.69, 9.17) is 0 Å². The molecule has 0 radical (unpaired) electrons. The average molecular weight is 773 g/mol. The SMILES string of the molecule is CC1(C)C2=C(c3ccccc31)C(CC(C1=CC(C3C=CC=CC3)CC(C3=CC=CCC3)=C1)c1ccc3c(c1)-c1ccccc1C31c3ccccc3-c3ccccc31)CC=C2. The van der Waals surface area contributed by atoms with Crippen molar-refractivity contribution in [3.8, 4) is 22.3 Å². The van der Waals surface area contributed by atoms with E-state index in [1.807, 2.05) is 0 Å². The summed E-state index contributed by atoms with van der Waals surface area (Å²) in [5.74, 6) is 1.64. The predicted molar refractivity (Wildman–Crippen MR) is 251 cm³/mol.